The molecule has 0 spiro atoms. The predicted octanol–water partition coefficient (Wildman–Crippen LogP) is -2.16. The molecule has 1 unspecified atom stereocenters. The number of nitrogens with two attached hydrogens (primary N) is 2. The third-order valence-corrected chi connectivity index (χ3v) is 11.5. The second-order valence-corrected chi connectivity index (χ2v) is 19.3. The van der Waals surface area contributed by atoms with Crippen molar-refractivity contribution in [1.82, 2.24) is 41.0 Å². The number of nitrogens with one attached hydrogen (secondary N) is 5. The number of ether oxygens (including phenoxy) is 2. The van der Waals surface area contributed by atoms with E-state index in [1.807, 2.05) is 13.8 Å². The van der Waals surface area contributed by atoms with Crippen molar-refractivity contribution in [3.8, 4) is 0 Å². The van der Waals surface area contributed by atoms with Gasteiger partial charge in [0.05, 0.1) is 62.8 Å². The van der Waals surface area contributed by atoms with E-state index in [0.717, 1.165) is 6.92 Å². The van der Waals surface area contributed by atoms with Crippen LogP contribution in [0.4, 0.5) is 0 Å². The van der Waals surface area contributed by atoms with Crippen LogP contribution in [0.3, 0.4) is 0 Å². The van der Waals surface area contributed by atoms with Crippen molar-refractivity contribution < 1.29 is 76.9 Å². The van der Waals surface area contributed by atoms with Gasteiger partial charge in [-0.05, 0) is 59.8 Å². The van der Waals surface area contributed by atoms with Gasteiger partial charge in [0.15, 0.2) is 0 Å². The predicted molar refractivity (Wildman–Crippen MR) is 255 cm³/mol. The number of carboxylic acids is 1. The van der Waals surface area contributed by atoms with Gasteiger partial charge in [-0.25, -0.2) is 9.55 Å². The molecule has 26 nitrogen and oxygen atoms in total. The van der Waals surface area contributed by atoms with E-state index in [2.05, 4.69) is 48.7 Å². The molecule has 0 aromatic carbocycles. The molecule has 0 bridgehead atoms. The van der Waals surface area contributed by atoms with Crippen molar-refractivity contribution in [3.63, 3.8) is 0 Å². The van der Waals surface area contributed by atoms with Crippen LogP contribution >= 0.6 is 20.5 Å². The number of primary amides is 1. The number of imidazole rings is 1. The minimum Gasteiger partial charge on any atom is -0.481 e. The number of aromatic nitrogens is 2. The van der Waals surface area contributed by atoms with Crippen LogP contribution in [-0.2, 0) is 69.9 Å². The number of amides is 7. The first-order chi connectivity index (χ1) is 32.6. The topological polar surface area (TPSA) is 395 Å². The molecule has 1 aromatic heterocycles. The summed E-state index contributed by atoms with van der Waals surface area (Å²) in [5.41, 5.74) is 10.5. The molecule has 0 saturated carbocycles. The van der Waals surface area contributed by atoms with E-state index in [4.69, 9.17) is 20.9 Å². The number of phosphoric acid groups is 1. The molecule has 1 rings (SSSR count). The van der Waals surface area contributed by atoms with Gasteiger partial charge in [0.25, 0.3) is 0 Å². The molecule has 0 aliphatic carbocycles. The van der Waals surface area contributed by atoms with Gasteiger partial charge in [-0.3, -0.25) is 42.9 Å². The van der Waals surface area contributed by atoms with Crippen LogP contribution in [0.2, 0.25) is 0 Å². The second-order valence-electron chi connectivity index (χ2n) is 17.7. The first kappa shape index (κ1) is 63.3. The Hall–Kier alpha value is -4.73. The monoisotopic (exact) mass is 1040 g/mol. The van der Waals surface area contributed by atoms with Crippen LogP contribution in [0.1, 0.15) is 93.2 Å². The number of aliphatic carboxylic acids is 1. The molecule has 70 heavy (non-hydrogen) atoms. The lowest BCUT2D eigenvalue weighted by atomic mass is 10.0. The van der Waals surface area contributed by atoms with E-state index >= 15 is 0 Å². The highest BCUT2D eigenvalue weighted by Crippen LogP contribution is 2.38. The zero-order valence-electron chi connectivity index (χ0n) is 41.1. The SMILES string of the molecule is CCCN(C(=O)CCOC(C)(C)COC(C)CCNC(=O)[C@@H](N)CS)[C@@H](C)C(=O)N[C@@H](CC(C)C)C(=O)N[C@@H](Cc1cncn1CCC(=O)O)C(=O)N[C@@H](CO)C(=O)N[C@H](C(N)=O)[C@@H](C)OP(=O)(O)O. The van der Waals surface area contributed by atoms with Gasteiger partial charge in [0, 0.05) is 43.7 Å². The number of thiol groups is 1. The summed E-state index contributed by atoms with van der Waals surface area (Å²) in [5.74, 6) is -6.98. The Bertz CT molecular complexity index is 1940. The third-order valence-electron chi connectivity index (χ3n) is 10.5. The van der Waals surface area contributed by atoms with E-state index in [-0.39, 0.29) is 81.4 Å². The minimum absolute atomic E-state index is 0.0124. The fourth-order valence-corrected chi connectivity index (χ4v) is 7.32. The minimum atomic E-state index is -5.17. The number of aryl methyl sites for hydroxylation is 1. The average Bonchev–Trinajstić information content (AvgIpc) is 3.71. The molecular weight excluding hydrogens is 964 g/mol. The van der Waals surface area contributed by atoms with Gasteiger partial charge in [0.1, 0.15) is 30.2 Å². The van der Waals surface area contributed by atoms with Crippen molar-refractivity contribution >= 4 is 67.8 Å². The van der Waals surface area contributed by atoms with Crippen molar-refractivity contribution in [1.29, 1.82) is 0 Å². The van der Waals surface area contributed by atoms with Crippen molar-refractivity contribution in [3.05, 3.63) is 18.2 Å². The van der Waals surface area contributed by atoms with Gasteiger partial charge in [-0.1, -0.05) is 20.8 Å². The Labute approximate surface area is 413 Å². The number of carbonyl (C=O) groups is 8. The van der Waals surface area contributed by atoms with Crippen LogP contribution in [0.5, 0.6) is 0 Å². The second kappa shape index (κ2) is 30.9. The van der Waals surface area contributed by atoms with Gasteiger partial charge >= 0.3 is 13.8 Å². The number of hydrogen-bond acceptors (Lipinski definition) is 16. The number of carboxylic acid groups (broad SMARTS) is 1. The Morgan fingerprint density at radius 1 is 0.914 bits per heavy atom. The van der Waals surface area contributed by atoms with Gasteiger partial charge in [-0.2, -0.15) is 12.6 Å². The molecule has 0 radical (unpaired) electrons. The molecule has 400 valence electrons. The molecule has 7 amide bonds. The first-order valence-electron chi connectivity index (χ1n) is 22.8. The summed E-state index contributed by atoms with van der Waals surface area (Å²) >= 11 is 4.02. The van der Waals surface area contributed by atoms with Gasteiger partial charge in [-0.15, -0.1) is 0 Å². The maximum Gasteiger partial charge on any atom is 0.469 e. The Kier molecular flexibility index (Phi) is 27.9. The van der Waals surface area contributed by atoms with Crippen molar-refractivity contribution in [2.24, 2.45) is 17.4 Å². The molecule has 0 aliphatic rings. The van der Waals surface area contributed by atoms with E-state index in [9.17, 15) is 62.9 Å². The lowest BCUT2D eigenvalue weighted by Gasteiger charge is -2.31. The Morgan fingerprint density at radius 3 is 2.07 bits per heavy atom. The summed E-state index contributed by atoms with van der Waals surface area (Å²) in [5, 5.41) is 31.8. The lowest BCUT2D eigenvalue weighted by molar-refractivity contribution is -0.144. The quantitative estimate of drug-likeness (QED) is 0.0255. The Morgan fingerprint density at radius 2 is 1.51 bits per heavy atom. The number of phosphoric ester groups is 1. The van der Waals surface area contributed by atoms with Crippen LogP contribution in [0.25, 0.3) is 0 Å². The zero-order chi connectivity index (χ0) is 53.5. The summed E-state index contributed by atoms with van der Waals surface area (Å²) in [6, 6.07) is -8.36. The molecule has 0 fully saturated rings. The molecular formula is C42H75N10O16PS. The highest BCUT2D eigenvalue weighted by atomic mass is 32.1. The molecule has 0 saturated heterocycles. The maximum atomic E-state index is 14.2. The van der Waals surface area contributed by atoms with Crippen LogP contribution in [0.15, 0.2) is 12.5 Å². The van der Waals surface area contributed by atoms with Crippen LogP contribution in [0, 0.1) is 5.92 Å². The average molecular weight is 1040 g/mol. The van der Waals surface area contributed by atoms with Gasteiger partial charge in [0.2, 0.25) is 41.4 Å². The van der Waals surface area contributed by atoms with E-state index in [1.54, 1.807) is 27.7 Å². The standard InChI is InChI=1S/C42H75N10O16PS/c1-9-14-52(33(54)12-16-67-42(7,8)22-66-25(4)10-13-46-38(59)29(43)21-70)26(5)37(58)47-30(17-24(2)3)39(60)48-31(18-28-19-45-23-51(28)15-11-34(55)56)40(61)49-32(20-53)41(62)50-35(36(44)57)27(6)68-69(63,64)65/h19,23-27,29-32,35,53,70H,9-18,20-22,43H2,1-8H3,(H2,44,57)(H,46,59)(H,47,58)(H,48,60)(H,49,61)(H,50,62)(H,55,56)(H2,63,64,65)/t25?,26-,27+,29-,30-,31-,32-,35-/m0/s1. The smallest absolute Gasteiger partial charge is 0.469 e. The molecule has 13 N–H and O–H groups in total. The third kappa shape index (κ3) is 23.9. The number of rotatable bonds is 35. The highest BCUT2D eigenvalue weighted by molar-refractivity contribution is 7.80. The summed E-state index contributed by atoms with van der Waals surface area (Å²) in [6.45, 7) is 12.9. The molecule has 28 heteroatoms. The molecule has 0 aliphatic heterocycles. The normalized spacial score (nSPS) is 15.3. The number of aliphatic hydroxyl groups excluding tert-OH is 1. The van der Waals surface area contributed by atoms with Crippen molar-refractivity contribution in [2.75, 3.05) is 38.7 Å². The highest BCUT2D eigenvalue weighted by Gasteiger charge is 2.36. The molecule has 1 heterocycles. The van der Waals surface area contributed by atoms with E-state index in [0.29, 0.717) is 19.4 Å². The fourth-order valence-electron chi connectivity index (χ4n) is 6.59. The van der Waals surface area contributed by atoms with Gasteiger partial charge < -0.3 is 77.0 Å². The van der Waals surface area contributed by atoms with Crippen LogP contribution in [-0.4, -0.2) is 174 Å². The summed E-state index contributed by atoms with van der Waals surface area (Å²) in [7, 11) is -5.17. The molecule has 8 atom stereocenters. The van der Waals surface area contributed by atoms with Crippen molar-refractivity contribution in [2.45, 2.75) is 155 Å². The fraction of sp³-hybridized carbons (Fsp3) is 0.738. The van der Waals surface area contributed by atoms with Crippen LogP contribution < -0.4 is 38.1 Å². The number of aliphatic hydroxyl groups is 1. The van der Waals surface area contributed by atoms with E-state index in [1.165, 1.54) is 28.9 Å². The summed E-state index contributed by atoms with van der Waals surface area (Å²) in [6.07, 6.45) is 0.960. The Balaban J connectivity index is 3.26. The summed E-state index contributed by atoms with van der Waals surface area (Å²) in [4.78, 5) is 128. The van der Waals surface area contributed by atoms with E-state index < -0.39 is 104 Å². The number of hydrogen-bond donors (Lipinski definition) is 12. The first-order valence-corrected chi connectivity index (χ1v) is 25.0. The largest absolute Gasteiger partial charge is 0.481 e. The number of carbonyl (C=O) groups excluding carboxylic acids is 7. The molecule has 1 aromatic rings. The number of nitrogens with zero attached hydrogens (tertiary/aromatic N) is 3. The summed E-state index contributed by atoms with van der Waals surface area (Å²) < 4.78 is 29.2. The zero-order valence-corrected chi connectivity index (χ0v) is 42.9. The lowest BCUT2D eigenvalue weighted by Crippen LogP contribution is -2.61. The maximum absolute atomic E-state index is 14.2.